The molecule has 2 aliphatic rings. The number of ether oxygens (including phenoxy) is 1. The Bertz CT molecular complexity index is 441. The highest BCUT2D eigenvalue weighted by Gasteiger charge is 2.31. The van der Waals surface area contributed by atoms with Gasteiger partial charge in [0.2, 0.25) is 0 Å². The second-order valence-electron chi connectivity index (χ2n) is 5.56. The lowest BCUT2D eigenvalue weighted by Crippen LogP contribution is -2.35. The van der Waals surface area contributed by atoms with Gasteiger partial charge in [0.05, 0.1) is 0 Å². The molecular formula is C14H19BrN2O. The van der Waals surface area contributed by atoms with Crippen molar-refractivity contribution in [1.29, 1.82) is 0 Å². The first-order valence-corrected chi connectivity index (χ1v) is 7.34. The van der Waals surface area contributed by atoms with E-state index in [-0.39, 0.29) is 6.10 Å². The van der Waals surface area contributed by atoms with Crippen LogP contribution in [0, 0.1) is 5.92 Å². The van der Waals surface area contributed by atoms with Crippen molar-refractivity contribution in [2.24, 2.45) is 11.7 Å². The molecule has 1 saturated heterocycles. The number of hydrogen-bond donors (Lipinski definition) is 1. The average molecular weight is 311 g/mol. The molecule has 1 aromatic carbocycles. The molecule has 3 rings (SSSR count). The fraction of sp³-hybridized carbons (Fsp3) is 0.571. The number of halogens is 1. The number of likely N-dealkylation sites (tertiary alicyclic amines) is 1. The summed E-state index contributed by atoms with van der Waals surface area (Å²) in [6.07, 6.45) is 1.29. The molecule has 3 unspecified atom stereocenters. The fourth-order valence-electron chi connectivity index (χ4n) is 2.92. The summed E-state index contributed by atoms with van der Waals surface area (Å²) in [5, 5.41) is 0. The molecule has 0 radical (unpaired) electrons. The molecule has 3 atom stereocenters. The van der Waals surface area contributed by atoms with E-state index in [9.17, 15) is 0 Å². The van der Waals surface area contributed by atoms with E-state index in [0.717, 1.165) is 36.3 Å². The second kappa shape index (κ2) is 4.83. The van der Waals surface area contributed by atoms with Gasteiger partial charge in [0.1, 0.15) is 11.9 Å². The third-order valence-corrected chi connectivity index (χ3v) is 4.46. The van der Waals surface area contributed by atoms with Crippen LogP contribution in [0.2, 0.25) is 0 Å². The first-order chi connectivity index (χ1) is 8.61. The summed E-state index contributed by atoms with van der Waals surface area (Å²) in [6, 6.07) is 6.57. The molecule has 1 fully saturated rings. The highest BCUT2D eigenvalue weighted by atomic mass is 79.9. The minimum atomic E-state index is 0.284. The van der Waals surface area contributed by atoms with Crippen molar-refractivity contribution in [3.8, 4) is 5.75 Å². The maximum absolute atomic E-state index is 6.06. The van der Waals surface area contributed by atoms with Gasteiger partial charge in [-0.15, -0.1) is 0 Å². The molecular weight excluding hydrogens is 292 g/mol. The second-order valence-corrected chi connectivity index (χ2v) is 6.47. The molecule has 1 aromatic rings. The number of hydrogen-bond acceptors (Lipinski definition) is 3. The molecule has 98 valence electrons. The van der Waals surface area contributed by atoms with Gasteiger partial charge < -0.3 is 10.5 Å². The molecule has 0 bridgehead atoms. The van der Waals surface area contributed by atoms with E-state index in [0.29, 0.717) is 12.0 Å². The largest absolute Gasteiger partial charge is 0.488 e. The van der Waals surface area contributed by atoms with Crippen LogP contribution in [-0.2, 0) is 6.42 Å². The maximum atomic E-state index is 6.06. The number of nitrogens with zero attached hydrogens (tertiary/aromatic N) is 1. The van der Waals surface area contributed by atoms with Crippen LogP contribution in [-0.4, -0.2) is 36.7 Å². The Kier molecular flexibility index (Phi) is 3.34. The zero-order chi connectivity index (χ0) is 12.7. The topological polar surface area (TPSA) is 38.5 Å². The van der Waals surface area contributed by atoms with E-state index >= 15 is 0 Å². The minimum Gasteiger partial charge on any atom is -0.488 e. The Labute approximate surface area is 116 Å². The fourth-order valence-corrected chi connectivity index (χ4v) is 3.33. The first kappa shape index (κ1) is 12.5. The van der Waals surface area contributed by atoms with E-state index in [1.54, 1.807) is 0 Å². The molecule has 0 saturated carbocycles. The summed E-state index contributed by atoms with van der Waals surface area (Å²) in [7, 11) is 0. The van der Waals surface area contributed by atoms with Gasteiger partial charge in [-0.05, 0) is 29.7 Å². The normalized spacial score (nSPS) is 31.4. The van der Waals surface area contributed by atoms with Crippen LogP contribution in [0.1, 0.15) is 12.5 Å². The maximum Gasteiger partial charge on any atom is 0.123 e. The summed E-state index contributed by atoms with van der Waals surface area (Å²) >= 11 is 3.51. The lowest BCUT2D eigenvalue weighted by molar-refractivity contribution is 0.165. The molecule has 0 spiro atoms. The molecule has 3 nitrogen and oxygen atoms in total. The Balaban J connectivity index is 1.61. The van der Waals surface area contributed by atoms with Gasteiger partial charge in [-0.1, -0.05) is 22.9 Å². The van der Waals surface area contributed by atoms with Gasteiger partial charge in [0.15, 0.2) is 0 Å². The quantitative estimate of drug-likeness (QED) is 0.908. The Morgan fingerprint density at radius 1 is 1.44 bits per heavy atom. The monoisotopic (exact) mass is 310 g/mol. The van der Waals surface area contributed by atoms with Crippen molar-refractivity contribution in [3.63, 3.8) is 0 Å². The summed E-state index contributed by atoms with van der Waals surface area (Å²) < 4.78 is 7.12. The van der Waals surface area contributed by atoms with E-state index < -0.39 is 0 Å². The summed E-state index contributed by atoms with van der Waals surface area (Å²) in [6.45, 7) is 5.32. The van der Waals surface area contributed by atoms with Crippen molar-refractivity contribution in [2.45, 2.75) is 25.5 Å². The smallest absolute Gasteiger partial charge is 0.123 e. The number of fused-ring (bicyclic) bond motifs is 1. The Morgan fingerprint density at radius 3 is 3.00 bits per heavy atom. The minimum absolute atomic E-state index is 0.284. The van der Waals surface area contributed by atoms with Crippen molar-refractivity contribution >= 4 is 15.9 Å². The van der Waals surface area contributed by atoms with Crippen LogP contribution in [0.15, 0.2) is 22.7 Å². The standard InChI is InChI=1S/C14H19BrN2O/c1-9-6-17(8-13(9)16)7-12-5-10-4-11(15)2-3-14(10)18-12/h2-4,9,12-13H,5-8,16H2,1H3. The van der Waals surface area contributed by atoms with Crippen LogP contribution in [0.3, 0.4) is 0 Å². The first-order valence-electron chi connectivity index (χ1n) is 6.55. The number of nitrogens with two attached hydrogens (primary N) is 1. The molecule has 4 heteroatoms. The number of benzene rings is 1. The van der Waals surface area contributed by atoms with Crippen LogP contribution >= 0.6 is 15.9 Å². The van der Waals surface area contributed by atoms with Crippen LogP contribution in [0.5, 0.6) is 5.75 Å². The predicted molar refractivity (Wildman–Crippen MR) is 75.8 cm³/mol. The molecule has 2 N–H and O–H groups in total. The molecule has 2 aliphatic heterocycles. The highest BCUT2D eigenvalue weighted by Crippen LogP contribution is 2.32. The third-order valence-electron chi connectivity index (χ3n) is 3.97. The molecule has 0 aromatic heterocycles. The molecule has 0 aliphatic carbocycles. The van der Waals surface area contributed by atoms with Crippen LogP contribution in [0.25, 0.3) is 0 Å². The van der Waals surface area contributed by atoms with Gasteiger partial charge in [0, 0.05) is 36.6 Å². The van der Waals surface area contributed by atoms with Crippen molar-refractivity contribution < 1.29 is 4.74 Å². The van der Waals surface area contributed by atoms with E-state index in [1.165, 1.54) is 5.56 Å². The van der Waals surface area contributed by atoms with Crippen molar-refractivity contribution in [1.82, 2.24) is 4.90 Å². The SMILES string of the molecule is CC1CN(CC2Cc3cc(Br)ccc3O2)CC1N. The average Bonchev–Trinajstić information content (AvgIpc) is 2.82. The van der Waals surface area contributed by atoms with Gasteiger partial charge in [-0.25, -0.2) is 0 Å². The van der Waals surface area contributed by atoms with E-state index in [4.69, 9.17) is 10.5 Å². The van der Waals surface area contributed by atoms with Crippen molar-refractivity contribution in [3.05, 3.63) is 28.2 Å². The zero-order valence-corrected chi connectivity index (χ0v) is 12.2. The zero-order valence-electron chi connectivity index (χ0n) is 10.6. The van der Waals surface area contributed by atoms with E-state index in [1.807, 2.05) is 6.07 Å². The molecule has 0 amide bonds. The van der Waals surface area contributed by atoms with E-state index in [2.05, 4.69) is 39.9 Å². The summed E-state index contributed by atoms with van der Waals surface area (Å²) in [4.78, 5) is 2.43. The van der Waals surface area contributed by atoms with Gasteiger partial charge >= 0.3 is 0 Å². The Hall–Kier alpha value is -0.580. The lowest BCUT2D eigenvalue weighted by atomic mass is 10.1. The van der Waals surface area contributed by atoms with Gasteiger partial charge in [0.25, 0.3) is 0 Å². The molecule has 18 heavy (non-hydrogen) atoms. The predicted octanol–water partition coefficient (Wildman–Crippen LogP) is 2.03. The van der Waals surface area contributed by atoms with Crippen LogP contribution in [0.4, 0.5) is 0 Å². The van der Waals surface area contributed by atoms with Crippen LogP contribution < -0.4 is 10.5 Å². The molecule has 2 heterocycles. The third kappa shape index (κ3) is 2.42. The summed E-state index contributed by atoms with van der Waals surface area (Å²) in [5.41, 5.74) is 7.37. The number of rotatable bonds is 2. The lowest BCUT2D eigenvalue weighted by Gasteiger charge is -2.19. The Morgan fingerprint density at radius 2 is 2.28 bits per heavy atom. The summed E-state index contributed by atoms with van der Waals surface area (Å²) in [5.74, 6) is 1.64. The van der Waals surface area contributed by atoms with Gasteiger partial charge in [-0.2, -0.15) is 0 Å². The van der Waals surface area contributed by atoms with Crippen molar-refractivity contribution in [2.75, 3.05) is 19.6 Å². The highest BCUT2D eigenvalue weighted by molar-refractivity contribution is 9.10. The van der Waals surface area contributed by atoms with Gasteiger partial charge in [-0.3, -0.25) is 4.90 Å².